The van der Waals surface area contributed by atoms with Crippen LogP contribution < -0.4 is 5.32 Å². The van der Waals surface area contributed by atoms with Gasteiger partial charge < -0.3 is 9.72 Å². The Morgan fingerprint density at radius 3 is 2.89 bits per heavy atom. The number of aromatic nitrogens is 3. The highest BCUT2D eigenvalue weighted by atomic mass is 127. The minimum absolute atomic E-state index is 0.715. The van der Waals surface area contributed by atoms with Crippen LogP contribution >= 0.6 is 54.5 Å². The standard InChI is InChI=1S/C12H7Br2IN4/c13-8-5-7(1-2-9(8)15)17-11-12-16-3-4-19(12)6-10(14)18-11/h1-6H,(H,17,18). The van der Waals surface area contributed by atoms with Crippen molar-refractivity contribution < 1.29 is 0 Å². The smallest absolute Gasteiger partial charge is 0.180 e. The predicted molar refractivity (Wildman–Crippen MR) is 90.8 cm³/mol. The number of hydrogen-bond donors (Lipinski definition) is 1. The molecule has 96 valence electrons. The van der Waals surface area contributed by atoms with Gasteiger partial charge in [0.2, 0.25) is 0 Å². The summed E-state index contributed by atoms with van der Waals surface area (Å²) in [6, 6.07) is 6.06. The second-order valence-electron chi connectivity index (χ2n) is 3.82. The van der Waals surface area contributed by atoms with Gasteiger partial charge in [0, 0.05) is 32.3 Å². The molecule has 0 radical (unpaired) electrons. The Morgan fingerprint density at radius 1 is 1.26 bits per heavy atom. The molecule has 3 aromatic rings. The fourth-order valence-electron chi connectivity index (χ4n) is 1.70. The molecule has 0 fully saturated rings. The van der Waals surface area contributed by atoms with Crippen LogP contribution in [0, 0.1) is 3.57 Å². The Hall–Kier alpha value is -0.670. The molecule has 1 N–H and O–H groups in total. The molecule has 7 heteroatoms. The van der Waals surface area contributed by atoms with Gasteiger partial charge in [-0.25, -0.2) is 9.97 Å². The van der Waals surface area contributed by atoms with Crippen molar-refractivity contribution in [3.63, 3.8) is 0 Å². The van der Waals surface area contributed by atoms with Gasteiger partial charge in [0.25, 0.3) is 0 Å². The summed E-state index contributed by atoms with van der Waals surface area (Å²) in [5.41, 5.74) is 1.75. The number of halogens is 3. The van der Waals surface area contributed by atoms with E-state index in [2.05, 4.69) is 69.7 Å². The summed E-state index contributed by atoms with van der Waals surface area (Å²) in [4.78, 5) is 8.73. The Balaban J connectivity index is 2.04. The quantitative estimate of drug-likeness (QED) is 0.530. The topological polar surface area (TPSA) is 42.2 Å². The first-order valence-corrected chi connectivity index (χ1v) is 8.01. The van der Waals surface area contributed by atoms with Crippen molar-refractivity contribution in [2.75, 3.05) is 5.32 Å². The van der Waals surface area contributed by atoms with E-state index in [1.807, 2.05) is 35.0 Å². The van der Waals surface area contributed by atoms with E-state index in [4.69, 9.17) is 0 Å². The van der Waals surface area contributed by atoms with Crippen molar-refractivity contribution in [2.24, 2.45) is 0 Å². The molecule has 0 saturated heterocycles. The summed E-state index contributed by atoms with van der Waals surface area (Å²) in [6.45, 7) is 0. The van der Waals surface area contributed by atoms with Crippen molar-refractivity contribution in [3.8, 4) is 0 Å². The van der Waals surface area contributed by atoms with Gasteiger partial charge in [-0.05, 0) is 72.6 Å². The maximum atomic E-state index is 4.43. The van der Waals surface area contributed by atoms with Crippen molar-refractivity contribution in [2.45, 2.75) is 0 Å². The van der Waals surface area contributed by atoms with E-state index in [0.717, 1.165) is 24.0 Å². The third kappa shape index (κ3) is 2.77. The van der Waals surface area contributed by atoms with Gasteiger partial charge in [0.05, 0.1) is 0 Å². The largest absolute Gasteiger partial charge is 0.337 e. The molecular formula is C12H7Br2IN4. The molecule has 0 aliphatic heterocycles. The zero-order chi connectivity index (χ0) is 13.4. The molecule has 0 aliphatic carbocycles. The Bertz CT molecular complexity index is 757. The van der Waals surface area contributed by atoms with Crippen LogP contribution in [-0.2, 0) is 0 Å². The highest BCUT2D eigenvalue weighted by molar-refractivity contribution is 14.1. The number of anilines is 2. The lowest BCUT2D eigenvalue weighted by molar-refractivity contribution is 1.10. The van der Waals surface area contributed by atoms with Gasteiger partial charge in [-0.1, -0.05) is 0 Å². The van der Waals surface area contributed by atoms with E-state index in [0.29, 0.717) is 5.82 Å². The second kappa shape index (κ2) is 5.37. The zero-order valence-corrected chi connectivity index (χ0v) is 14.8. The summed E-state index contributed by atoms with van der Waals surface area (Å²) in [5, 5.41) is 3.28. The number of benzene rings is 1. The molecule has 0 spiro atoms. The fourth-order valence-corrected chi connectivity index (χ4v) is 2.81. The molecule has 3 rings (SSSR count). The number of fused-ring (bicyclic) bond motifs is 1. The molecule has 0 aliphatic rings. The van der Waals surface area contributed by atoms with Crippen molar-refractivity contribution >= 4 is 71.6 Å². The van der Waals surface area contributed by atoms with Gasteiger partial charge in [-0.2, -0.15) is 0 Å². The van der Waals surface area contributed by atoms with E-state index in [1.165, 1.54) is 0 Å². The van der Waals surface area contributed by atoms with Crippen molar-refractivity contribution in [1.82, 2.24) is 14.4 Å². The van der Waals surface area contributed by atoms with Crippen LogP contribution in [0.3, 0.4) is 0 Å². The van der Waals surface area contributed by atoms with E-state index in [1.54, 1.807) is 6.20 Å². The SMILES string of the molecule is Brc1cn2ccnc2c(Nc2ccc(I)c(Br)c2)n1. The lowest BCUT2D eigenvalue weighted by Gasteiger charge is -2.08. The molecule has 0 unspecified atom stereocenters. The van der Waals surface area contributed by atoms with Crippen LogP contribution in [0.1, 0.15) is 0 Å². The number of imidazole rings is 1. The van der Waals surface area contributed by atoms with Crippen LogP contribution in [0.4, 0.5) is 11.5 Å². The highest BCUT2D eigenvalue weighted by Crippen LogP contribution is 2.26. The lowest BCUT2D eigenvalue weighted by Crippen LogP contribution is -1.99. The minimum Gasteiger partial charge on any atom is -0.337 e. The maximum absolute atomic E-state index is 4.43. The molecule has 0 atom stereocenters. The number of rotatable bonds is 2. The van der Waals surface area contributed by atoms with Gasteiger partial charge in [0.15, 0.2) is 11.5 Å². The van der Waals surface area contributed by atoms with Crippen LogP contribution in [0.15, 0.2) is 45.9 Å². The minimum atomic E-state index is 0.715. The van der Waals surface area contributed by atoms with E-state index >= 15 is 0 Å². The first kappa shape index (κ1) is 13.3. The number of nitrogens with zero attached hydrogens (tertiary/aromatic N) is 3. The second-order valence-corrected chi connectivity index (χ2v) is 6.65. The van der Waals surface area contributed by atoms with Crippen LogP contribution in [-0.4, -0.2) is 14.4 Å². The highest BCUT2D eigenvalue weighted by Gasteiger charge is 2.07. The predicted octanol–water partition coefficient (Wildman–Crippen LogP) is 4.60. The molecule has 0 saturated carbocycles. The van der Waals surface area contributed by atoms with Gasteiger partial charge in [0.1, 0.15) is 4.60 Å². The molecule has 4 nitrogen and oxygen atoms in total. The van der Waals surface area contributed by atoms with E-state index < -0.39 is 0 Å². The van der Waals surface area contributed by atoms with Gasteiger partial charge >= 0.3 is 0 Å². The molecule has 2 heterocycles. The first-order chi connectivity index (χ1) is 9.13. The summed E-state index contributed by atoms with van der Waals surface area (Å²) in [5.74, 6) is 0.715. The Kier molecular flexibility index (Phi) is 3.77. The molecule has 0 amide bonds. The Morgan fingerprint density at radius 2 is 2.11 bits per heavy atom. The monoisotopic (exact) mass is 492 g/mol. The van der Waals surface area contributed by atoms with Gasteiger partial charge in [-0.3, -0.25) is 0 Å². The van der Waals surface area contributed by atoms with E-state index in [-0.39, 0.29) is 0 Å². The average molecular weight is 494 g/mol. The summed E-state index contributed by atoms with van der Waals surface area (Å²) in [6.07, 6.45) is 5.51. The number of nitrogens with one attached hydrogen (secondary N) is 1. The lowest BCUT2D eigenvalue weighted by atomic mass is 10.3. The normalized spacial score (nSPS) is 10.9. The average Bonchev–Trinajstić information content (AvgIpc) is 2.82. The molecule has 1 aromatic carbocycles. The first-order valence-electron chi connectivity index (χ1n) is 5.35. The van der Waals surface area contributed by atoms with Crippen LogP contribution in [0.25, 0.3) is 5.65 Å². The van der Waals surface area contributed by atoms with Crippen LogP contribution in [0.2, 0.25) is 0 Å². The maximum Gasteiger partial charge on any atom is 0.180 e. The molecular weight excluding hydrogens is 487 g/mol. The third-order valence-electron chi connectivity index (χ3n) is 2.53. The van der Waals surface area contributed by atoms with Crippen LogP contribution in [0.5, 0.6) is 0 Å². The summed E-state index contributed by atoms with van der Waals surface area (Å²) in [7, 11) is 0. The summed E-state index contributed by atoms with van der Waals surface area (Å²) >= 11 is 9.19. The zero-order valence-electron chi connectivity index (χ0n) is 9.44. The Labute approximate surface area is 140 Å². The molecule has 2 aromatic heterocycles. The number of hydrogen-bond acceptors (Lipinski definition) is 3. The van der Waals surface area contributed by atoms with Gasteiger partial charge in [-0.15, -0.1) is 0 Å². The third-order valence-corrected chi connectivity index (χ3v) is 5.25. The fraction of sp³-hybridized carbons (Fsp3) is 0. The van der Waals surface area contributed by atoms with Crippen molar-refractivity contribution in [3.05, 3.63) is 49.4 Å². The summed E-state index contributed by atoms with van der Waals surface area (Å²) < 4.78 is 4.88. The van der Waals surface area contributed by atoms with E-state index in [9.17, 15) is 0 Å². The molecule has 0 bridgehead atoms. The molecule has 19 heavy (non-hydrogen) atoms. The van der Waals surface area contributed by atoms with Crippen molar-refractivity contribution in [1.29, 1.82) is 0 Å².